The Labute approximate surface area is 68.7 Å². The summed E-state index contributed by atoms with van der Waals surface area (Å²) in [6.07, 6.45) is 0. The summed E-state index contributed by atoms with van der Waals surface area (Å²) >= 11 is 1.23. The fourth-order valence-corrected chi connectivity index (χ4v) is 1.19. The van der Waals surface area contributed by atoms with Gasteiger partial charge in [0.2, 0.25) is 0 Å². The number of hydrogen-bond donors (Lipinski definition) is 1. The summed E-state index contributed by atoms with van der Waals surface area (Å²) in [5, 5.41) is 3.09. The van der Waals surface area contributed by atoms with Crippen molar-refractivity contribution in [2.45, 2.75) is 0 Å². The SMILES string of the molecule is C=C1S/C(=N/COC)NC1=O. The summed E-state index contributed by atoms with van der Waals surface area (Å²) < 4.78 is 4.69. The topological polar surface area (TPSA) is 50.7 Å². The van der Waals surface area contributed by atoms with Crippen LogP contribution in [-0.4, -0.2) is 24.9 Å². The normalized spacial score (nSPS) is 21.0. The van der Waals surface area contributed by atoms with Crippen molar-refractivity contribution < 1.29 is 9.53 Å². The Kier molecular flexibility index (Phi) is 2.67. The van der Waals surface area contributed by atoms with Crippen molar-refractivity contribution in [2.75, 3.05) is 13.8 Å². The number of ether oxygens (including phenoxy) is 1. The molecule has 0 radical (unpaired) electrons. The lowest BCUT2D eigenvalue weighted by molar-refractivity contribution is -0.115. The number of nitrogens with zero attached hydrogens (tertiary/aromatic N) is 1. The molecule has 5 heteroatoms. The maximum atomic E-state index is 10.8. The summed E-state index contributed by atoms with van der Waals surface area (Å²) in [7, 11) is 1.54. The molecule has 1 aliphatic heterocycles. The van der Waals surface area contributed by atoms with Crippen LogP contribution >= 0.6 is 11.8 Å². The van der Waals surface area contributed by atoms with Gasteiger partial charge in [-0.1, -0.05) is 6.58 Å². The van der Waals surface area contributed by atoms with Crippen LogP contribution in [0.1, 0.15) is 0 Å². The van der Waals surface area contributed by atoms with Crippen molar-refractivity contribution in [1.82, 2.24) is 5.32 Å². The molecule has 0 spiro atoms. The van der Waals surface area contributed by atoms with Crippen molar-refractivity contribution in [3.63, 3.8) is 0 Å². The van der Waals surface area contributed by atoms with Crippen LogP contribution in [-0.2, 0) is 9.53 Å². The highest BCUT2D eigenvalue weighted by molar-refractivity contribution is 8.18. The molecule has 1 fully saturated rings. The van der Waals surface area contributed by atoms with Crippen LogP contribution in [0.5, 0.6) is 0 Å². The van der Waals surface area contributed by atoms with Crippen LogP contribution in [0.2, 0.25) is 0 Å². The zero-order valence-electron chi connectivity index (χ0n) is 6.09. The Morgan fingerprint density at radius 2 is 2.55 bits per heavy atom. The van der Waals surface area contributed by atoms with E-state index in [1.807, 2.05) is 0 Å². The average molecular weight is 172 g/mol. The third-order valence-corrected chi connectivity index (χ3v) is 1.89. The molecule has 0 aromatic heterocycles. The van der Waals surface area contributed by atoms with E-state index in [2.05, 4.69) is 16.9 Å². The van der Waals surface area contributed by atoms with E-state index in [4.69, 9.17) is 4.74 Å². The van der Waals surface area contributed by atoms with Gasteiger partial charge in [-0.2, -0.15) is 0 Å². The molecular weight excluding hydrogens is 164 g/mol. The first kappa shape index (κ1) is 8.29. The quantitative estimate of drug-likeness (QED) is 0.610. The van der Waals surface area contributed by atoms with Crippen LogP contribution in [0.4, 0.5) is 0 Å². The van der Waals surface area contributed by atoms with Crippen LogP contribution in [0, 0.1) is 0 Å². The summed E-state index contributed by atoms with van der Waals surface area (Å²) in [5.74, 6) is -0.176. The minimum absolute atomic E-state index is 0.176. The summed E-state index contributed by atoms with van der Waals surface area (Å²) in [4.78, 5) is 15.2. The molecule has 4 nitrogen and oxygen atoms in total. The van der Waals surface area contributed by atoms with E-state index in [9.17, 15) is 4.79 Å². The van der Waals surface area contributed by atoms with Gasteiger partial charge in [-0.05, 0) is 11.8 Å². The van der Waals surface area contributed by atoms with E-state index in [-0.39, 0.29) is 12.6 Å². The van der Waals surface area contributed by atoms with E-state index in [0.29, 0.717) is 10.1 Å². The lowest BCUT2D eigenvalue weighted by Gasteiger charge is -1.92. The Morgan fingerprint density at radius 1 is 1.82 bits per heavy atom. The first-order valence-corrected chi connectivity index (χ1v) is 3.77. The summed E-state index contributed by atoms with van der Waals surface area (Å²) in [5.41, 5.74) is 0. The fraction of sp³-hybridized carbons (Fsp3) is 0.333. The first-order valence-electron chi connectivity index (χ1n) is 2.95. The number of nitrogens with one attached hydrogen (secondary N) is 1. The lowest BCUT2D eigenvalue weighted by Crippen LogP contribution is -2.19. The Balaban J connectivity index is 2.53. The van der Waals surface area contributed by atoms with Crippen LogP contribution < -0.4 is 5.32 Å². The number of hydrogen-bond acceptors (Lipinski definition) is 4. The van der Waals surface area contributed by atoms with E-state index >= 15 is 0 Å². The maximum absolute atomic E-state index is 10.8. The Hall–Kier alpha value is -0.810. The molecule has 0 aliphatic carbocycles. The Morgan fingerprint density at radius 3 is 3.00 bits per heavy atom. The molecular formula is C6H8N2O2S. The highest BCUT2D eigenvalue weighted by Crippen LogP contribution is 2.20. The molecule has 0 unspecified atom stereocenters. The van der Waals surface area contributed by atoms with Gasteiger partial charge in [-0.25, -0.2) is 4.99 Å². The van der Waals surface area contributed by atoms with Gasteiger partial charge >= 0.3 is 0 Å². The third-order valence-electron chi connectivity index (χ3n) is 1.03. The minimum Gasteiger partial charge on any atom is -0.362 e. The minimum atomic E-state index is -0.176. The molecule has 60 valence electrons. The number of amides is 1. The molecule has 0 aromatic rings. The third kappa shape index (κ3) is 2.06. The second-order valence-electron chi connectivity index (χ2n) is 1.86. The lowest BCUT2D eigenvalue weighted by atomic mass is 10.6. The largest absolute Gasteiger partial charge is 0.362 e. The number of amidine groups is 1. The maximum Gasteiger partial charge on any atom is 0.263 e. The predicted molar refractivity (Wildman–Crippen MR) is 44.2 cm³/mol. The number of thioether (sulfide) groups is 1. The number of aliphatic imine (C=N–C) groups is 1. The van der Waals surface area contributed by atoms with Gasteiger partial charge in [0, 0.05) is 7.11 Å². The summed E-state index contributed by atoms with van der Waals surface area (Å²) in [6, 6.07) is 0. The van der Waals surface area contributed by atoms with Crippen LogP contribution in [0.25, 0.3) is 0 Å². The second-order valence-corrected chi connectivity index (χ2v) is 2.94. The zero-order chi connectivity index (χ0) is 8.27. The molecule has 1 rings (SSSR count). The van der Waals surface area contributed by atoms with E-state index in [1.54, 1.807) is 7.11 Å². The van der Waals surface area contributed by atoms with Gasteiger partial charge in [0.05, 0.1) is 4.91 Å². The molecule has 1 amide bonds. The molecule has 1 saturated heterocycles. The first-order chi connectivity index (χ1) is 5.24. The zero-order valence-corrected chi connectivity index (χ0v) is 6.90. The van der Waals surface area contributed by atoms with Gasteiger partial charge in [0.25, 0.3) is 5.91 Å². The highest BCUT2D eigenvalue weighted by Gasteiger charge is 2.20. The van der Waals surface area contributed by atoms with Crippen molar-refractivity contribution in [3.05, 3.63) is 11.5 Å². The Bertz CT molecular complexity index is 207. The van der Waals surface area contributed by atoms with Crippen molar-refractivity contribution >= 4 is 22.8 Å². The monoisotopic (exact) mass is 172 g/mol. The molecule has 11 heavy (non-hydrogen) atoms. The second kappa shape index (κ2) is 3.54. The number of carbonyl (C=O) groups excluding carboxylic acids is 1. The molecule has 0 saturated carbocycles. The van der Waals surface area contributed by atoms with Crippen LogP contribution in [0.3, 0.4) is 0 Å². The summed E-state index contributed by atoms with van der Waals surface area (Å²) in [6.45, 7) is 3.78. The standard InChI is InChI=1S/C6H8N2O2S/c1-4-5(9)8-6(11-4)7-3-10-2/h1,3H2,2H3,(H,7,8,9). The van der Waals surface area contributed by atoms with E-state index in [1.165, 1.54) is 11.8 Å². The van der Waals surface area contributed by atoms with Gasteiger partial charge in [0.15, 0.2) is 5.17 Å². The van der Waals surface area contributed by atoms with Gasteiger partial charge < -0.3 is 10.1 Å². The highest BCUT2D eigenvalue weighted by atomic mass is 32.2. The number of methoxy groups -OCH3 is 1. The number of rotatable bonds is 2. The molecule has 0 bridgehead atoms. The van der Waals surface area contributed by atoms with Gasteiger partial charge in [-0.3, -0.25) is 4.79 Å². The van der Waals surface area contributed by atoms with Crippen molar-refractivity contribution in [3.8, 4) is 0 Å². The predicted octanol–water partition coefficient (Wildman–Crippen LogP) is 0.323. The van der Waals surface area contributed by atoms with Crippen molar-refractivity contribution in [2.24, 2.45) is 4.99 Å². The average Bonchev–Trinajstić information content (AvgIpc) is 2.28. The van der Waals surface area contributed by atoms with E-state index < -0.39 is 0 Å². The van der Waals surface area contributed by atoms with Gasteiger partial charge in [-0.15, -0.1) is 0 Å². The smallest absolute Gasteiger partial charge is 0.263 e. The van der Waals surface area contributed by atoms with Crippen LogP contribution in [0.15, 0.2) is 16.5 Å². The van der Waals surface area contributed by atoms with Crippen molar-refractivity contribution in [1.29, 1.82) is 0 Å². The fourth-order valence-electron chi connectivity index (χ4n) is 0.550. The van der Waals surface area contributed by atoms with E-state index in [0.717, 1.165) is 0 Å². The molecule has 0 atom stereocenters. The molecule has 0 aromatic carbocycles. The van der Waals surface area contributed by atoms with Gasteiger partial charge in [0.1, 0.15) is 6.73 Å². The molecule has 1 aliphatic rings. The number of carbonyl (C=O) groups is 1. The molecule has 1 heterocycles. The molecule has 1 N–H and O–H groups in total.